The molecular formula is C21H20N4O4S. The van der Waals surface area contributed by atoms with Crippen LogP contribution in [0.4, 0.5) is 0 Å². The molecule has 0 saturated heterocycles. The molecule has 3 heterocycles. The van der Waals surface area contributed by atoms with Crippen LogP contribution in [-0.4, -0.2) is 39.7 Å². The lowest BCUT2D eigenvalue weighted by atomic mass is 10.1. The number of pyridine rings is 1. The summed E-state index contributed by atoms with van der Waals surface area (Å²) < 4.78 is 12.1. The molecule has 0 N–H and O–H groups in total. The van der Waals surface area contributed by atoms with Crippen LogP contribution in [0.15, 0.2) is 35.1 Å². The molecule has 0 unspecified atom stereocenters. The number of rotatable bonds is 6. The Hall–Kier alpha value is -3.17. The largest absolute Gasteiger partial charge is 0.462 e. The Morgan fingerprint density at radius 1 is 1.23 bits per heavy atom. The molecule has 0 radical (unpaired) electrons. The minimum absolute atomic E-state index is 0.287. The van der Waals surface area contributed by atoms with E-state index in [1.165, 1.54) is 16.0 Å². The van der Waals surface area contributed by atoms with E-state index in [-0.39, 0.29) is 5.56 Å². The molecule has 0 aliphatic heterocycles. The number of hydrogen-bond acceptors (Lipinski definition) is 8. The van der Waals surface area contributed by atoms with Crippen LogP contribution in [-0.2, 0) is 16.1 Å². The summed E-state index contributed by atoms with van der Waals surface area (Å²) in [5.74, 6) is -0.395. The van der Waals surface area contributed by atoms with E-state index in [4.69, 9.17) is 9.47 Å². The van der Waals surface area contributed by atoms with E-state index in [1.807, 2.05) is 19.9 Å². The molecule has 3 aromatic heterocycles. The number of methoxy groups -OCH3 is 1. The number of thiophene rings is 1. The second kappa shape index (κ2) is 8.29. The lowest BCUT2D eigenvalue weighted by molar-refractivity contribution is 0.0505. The number of aryl methyl sites for hydroxylation is 1. The first kappa shape index (κ1) is 20.1. The molecule has 0 aliphatic rings. The fourth-order valence-electron chi connectivity index (χ4n) is 3.22. The number of hydrogen-bond donors (Lipinski definition) is 0. The number of aromatic nitrogens is 4. The Labute approximate surface area is 176 Å². The molecule has 0 spiro atoms. The Balaban J connectivity index is 1.79. The number of carbonyl (C=O) groups excluding carboxylic acids is 1. The quantitative estimate of drug-likeness (QED) is 0.438. The maximum Gasteiger partial charge on any atom is 0.338 e. The minimum atomic E-state index is -0.395. The third-order valence-electron chi connectivity index (χ3n) is 4.55. The monoisotopic (exact) mass is 424 g/mol. The highest BCUT2D eigenvalue weighted by Gasteiger charge is 2.18. The van der Waals surface area contributed by atoms with Gasteiger partial charge in [-0.15, -0.1) is 16.4 Å². The van der Waals surface area contributed by atoms with Gasteiger partial charge in [0.05, 0.1) is 24.5 Å². The first-order chi connectivity index (χ1) is 14.5. The standard InChI is InChI=1S/C21H20N4O4S/c1-4-9-29-21(27)13-5-7-15(8-6-13)25-20(26)18-17(23-24-25)16-14(11-28-3)10-12(2)22-19(16)30-18/h5-8,10H,4,9,11H2,1-3H3. The summed E-state index contributed by atoms with van der Waals surface area (Å²) in [5, 5.41) is 9.24. The van der Waals surface area contributed by atoms with Gasteiger partial charge in [0, 0.05) is 18.2 Å². The van der Waals surface area contributed by atoms with E-state index in [0.29, 0.717) is 34.7 Å². The molecule has 4 aromatic rings. The second-order valence-corrected chi connectivity index (χ2v) is 7.80. The van der Waals surface area contributed by atoms with E-state index in [9.17, 15) is 9.59 Å². The van der Waals surface area contributed by atoms with Crippen molar-refractivity contribution in [3.8, 4) is 5.69 Å². The van der Waals surface area contributed by atoms with Gasteiger partial charge in [-0.2, -0.15) is 4.68 Å². The molecule has 0 aliphatic carbocycles. The fraction of sp³-hybridized carbons (Fsp3) is 0.286. The maximum atomic E-state index is 13.1. The molecule has 4 rings (SSSR count). The first-order valence-corrected chi connectivity index (χ1v) is 10.3. The molecule has 8 nitrogen and oxygen atoms in total. The number of nitrogens with zero attached hydrogens (tertiary/aromatic N) is 4. The molecular weight excluding hydrogens is 404 g/mol. The minimum Gasteiger partial charge on any atom is -0.462 e. The number of benzene rings is 1. The van der Waals surface area contributed by atoms with E-state index in [1.54, 1.807) is 31.4 Å². The first-order valence-electron chi connectivity index (χ1n) is 9.48. The topological polar surface area (TPSA) is 96.2 Å². The molecule has 1 aromatic carbocycles. The molecule has 30 heavy (non-hydrogen) atoms. The van der Waals surface area contributed by atoms with Crippen molar-refractivity contribution in [2.24, 2.45) is 0 Å². The van der Waals surface area contributed by atoms with Gasteiger partial charge in [0.2, 0.25) is 0 Å². The van der Waals surface area contributed by atoms with Crippen LogP contribution in [0, 0.1) is 6.92 Å². The second-order valence-electron chi connectivity index (χ2n) is 6.80. The van der Waals surface area contributed by atoms with Gasteiger partial charge in [-0.05, 0) is 49.2 Å². The van der Waals surface area contributed by atoms with E-state index < -0.39 is 5.97 Å². The highest BCUT2D eigenvalue weighted by atomic mass is 32.1. The zero-order valence-corrected chi connectivity index (χ0v) is 17.7. The van der Waals surface area contributed by atoms with Crippen molar-refractivity contribution in [1.29, 1.82) is 0 Å². The number of esters is 1. The Bertz CT molecular complexity index is 1290. The normalized spacial score (nSPS) is 11.3. The maximum absolute atomic E-state index is 13.1. The van der Waals surface area contributed by atoms with E-state index in [2.05, 4.69) is 15.3 Å². The van der Waals surface area contributed by atoms with Crippen LogP contribution in [0.1, 0.15) is 35.0 Å². The van der Waals surface area contributed by atoms with Gasteiger partial charge in [0.15, 0.2) is 0 Å². The van der Waals surface area contributed by atoms with Gasteiger partial charge >= 0.3 is 5.97 Å². The predicted octanol–water partition coefficient (Wildman–Crippen LogP) is 3.41. The van der Waals surface area contributed by atoms with Crippen LogP contribution in [0.5, 0.6) is 0 Å². The van der Waals surface area contributed by atoms with Crippen molar-refractivity contribution in [3.05, 3.63) is 57.5 Å². The number of fused-ring (bicyclic) bond motifs is 3. The molecule has 0 fully saturated rings. The average molecular weight is 424 g/mol. The van der Waals surface area contributed by atoms with Crippen molar-refractivity contribution < 1.29 is 14.3 Å². The van der Waals surface area contributed by atoms with Crippen LogP contribution in [0.25, 0.3) is 26.1 Å². The predicted molar refractivity (Wildman–Crippen MR) is 114 cm³/mol. The van der Waals surface area contributed by atoms with Crippen molar-refractivity contribution in [3.63, 3.8) is 0 Å². The van der Waals surface area contributed by atoms with Gasteiger partial charge in [-0.3, -0.25) is 4.79 Å². The third-order valence-corrected chi connectivity index (χ3v) is 5.61. The summed E-state index contributed by atoms with van der Waals surface area (Å²) in [5.41, 5.74) is 2.94. The SMILES string of the molecule is CCCOC(=O)c1ccc(-n2nnc3c(sc4nc(C)cc(COC)c43)c2=O)cc1. The zero-order chi connectivity index (χ0) is 21.3. The Kier molecular flexibility index (Phi) is 5.56. The van der Waals surface area contributed by atoms with Gasteiger partial charge in [0.25, 0.3) is 5.56 Å². The van der Waals surface area contributed by atoms with Crippen LogP contribution in [0.3, 0.4) is 0 Å². The van der Waals surface area contributed by atoms with Crippen molar-refractivity contribution in [2.75, 3.05) is 13.7 Å². The summed E-state index contributed by atoms with van der Waals surface area (Å²) in [4.78, 5) is 30.4. The zero-order valence-electron chi connectivity index (χ0n) is 16.8. The van der Waals surface area contributed by atoms with E-state index >= 15 is 0 Å². The molecule has 0 atom stereocenters. The summed E-state index contributed by atoms with van der Waals surface area (Å²) in [6, 6.07) is 8.45. The van der Waals surface area contributed by atoms with Crippen molar-refractivity contribution in [1.82, 2.24) is 20.0 Å². The lowest BCUT2D eigenvalue weighted by Crippen LogP contribution is -2.21. The summed E-state index contributed by atoms with van der Waals surface area (Å²) in [6.45, 7) is 4.60. The summed E-state index contributed by atoms with van der Waals surface area (Å²) in [6.07, 6.45) is 0.754. The highest BCUT2D eigenvalue weighted by Crippen LogP contribution is 2.32. The summed E-state index contributed by atoms with van der Waals surface area (Å²) in [7, 11) is 1.62. The Morgan fingerprint density at radius 3 is 2.70 bits per heavy atom. The van der Waals surface area contributed by atoms with Gasteiger partial charge in [0.1, 0.15) is 15.0 Å². The number of ether oxygens (including phenoxy) is 2. The van der Waals surface area contributed by atoms with Gasteiger partial charge in [-0.1, -0.05) is 12.1 Å². The van der Waals surface area contributed by atoms with Gasteiger partial charge < -0.3 is 9.47 Å². The summed E-state index contributed by atoms with van der Waals surface area (Å²) >= 11 is 1.29. The molecule has 0 amide bonds. The van der Waals surface area contributed by atoms with Crippen LogP contribution < -0.4 is 5.56 Å². The number of carbonyl (C=O) groups is 1. The van der Waals surface area contributed by atoms with Gasteiger partial charge in [-0.25, -0.2) is 9.78 Å². The van der Waals surface area contributed by atoms with Crippen molar-refractivity contribution in [2.45, 2.75) is 26.9 Å². The van der Waals surface area contributed by atoms with Crippen LogP contribution >= 0.6 is 11.3 Å². The highest BCUT2D eigenvalue weighted by molar-refractivity contribution is 7.25. The van der Waals surface area contributed by atoms with E-state index in [0.717, 1.165) is 27.9 Å². The Morgan fingerprint density at radius 2 is 2.00 bits per heavy atom. The van der Waals surface area contributed by atoms with Crippen molar-refractivity contribution >= 4 is 37.7 Å². The molecule has 9 heteroatoms. The van der Waals surface area contributed by atoms with Crippen LogP contribution in [0.2, 0.25) is 0 Å². The average Bonchev–Trinajstić information content (AvgIpc) is 3.12. The molecule has 154 valence electrons. The third kappa shape index (κ3) is 3.57. The molecule has 0 bridgehead atoms. The smallest absolute Gasteiger partial charge is 0.338 e. The molecule has 0 saturated carbocycles. The lowest BCUT2D eigenvalue weighted by Gasteiger charge is -2.06. The fourth-order valence-corrected chi connectivity index (χ4v) is 4.34.